The minimum Gasteiger partial charge on any atom is -0.293 e. The van der Waals surface area contributed by atoms with Crippen molar-refractivity contribution in [1.82, 2.24) is 0 Å². The monoisotopic (exact) mass is 314 g/mol. The van der Waals surface area contributed by atoms with E-state index in [-0.39, 0.29) is 10.8 Å². The van der Waals surface area contributed by atoms with Gasteiger partial charge in [0.25, 0.3) is 0 Å². The van der Waals surface area contributed by atoms with Gasteiger partial charge in [0, 0.05) is 22.1 Å². The average molecular weight is 314 g/mol. The highest BCUT2D eigenvalue weighted by Crippen LogP contribution is 2.29. The Morgan fingerprint density at radius 1 is 1.33 bits per heavy atom. The summed E-state index contributed by atoms with van der Waals surface area (Å²) in [4.78, 5) is 12.3. The Bertz CT molecular complexity index is 559. The smallest absolute Gasteiger partial charge is 0.181 e. The molecule has 0 heterocycles. The van der Waals surface area contributed by atoms with Gasteiger partial charge in [-0.1, -0.05) is 19.8 Å². The van der Waals surface area contributed by atoms with Crippen molar-refractivity contribution in [1.29, 1.82) is 0 Å². The maximum absolute atomic E-state index is 13.7. The van der Waals surface area contributed by atoms with E-state index in [0.29, 0.717) is 12.0 Å². The summed E-state index contributed by atoms with van der Waals surface area (Å²) in [6.45, 7) is 3.69. The zero-order valence-electron chi connectivity index (χ0n) is 12.3. The lowest BCUT2D eigenvalue weighted by atomic mass is 9.91. The molecule has 1 aliphatic carbocycles. The molecule has 1 aliphatic rings. The number of ketones is 1. The fourth-order valence-electron chi connectivity index (χ4n) is 2.89. The molecule has 0 saturated heterocycles. The van der Waals surface area contributed by atoms with Crippen LogP contribution in [0, 0.1) is 17.6 Å². The Morgan fingerprint density at radius 2 is 2.05 bits per heavy atom. The van der Waals surface area contributed by atoms with E-state index in [9.17, 15) is 17.8 Å². The van der Waals surface area contributed by atoms with E-state index in [1.54, 1.807) is 6.92 Å². The van der Waals surface area contributed by atoms with Crippen LogP contribution in [-0.2, 0) is 10.8 Å². The van der Waals surface area contributed by atoms with E-state index in [1.807, 2.05) is 0 Å². The standard InChI is InChI=1S/C16H20F2O2S/c1-10-4-3-5-13(8-10)21(20)11(2)16(19)14-7-6-12(17)9-15(14)18/h6-7,9-11,13H,3-5,8H2,1-2H3. The first kappa shape index (κ1) is 16.3. The molecule has 21 heavy (non-hydrogen) atoms. The van der Waals surface area contributed by atoms with Gasteiger partial charge in [0.05, 0.1) is 10.8 Å². The third-order valence-electron chi connectivity index (χ3n) is 4.13. The van der Waals surface area contributed by atoms with Crippen LogP contribution in [0.25, 0.3) is 0 Å². The molecule has 2 nitrogen and oxygen atoms in total. The van der Waals surface area contributed by atoms with E-state index in [1.165, 1.54) is 0 Å². The lowest BCUT2D eigenvalue weighted by molar-refractivity contribution is 0.0988. The third kappa shape index (κ3) is 3.76. The number of hydrogen-bond acceptors (Lipinski definition) is 2. The first-order valence-electron chi connectivity index (χ1n) is 7.28. The first-order chi connectivity index (χ1) is 9.90. The van der Waals surface area contributed by atoms with Crippen molar-refractivity contribution >= 4 is 16.6 Å². The van der Waals surface area contributed by atoms with Gasteiger partial charge in [0.1, 0.15) is 11.6 Å². The molecule has 5 heteroatoms. The van der Waals surface area contributed by atoms with Crippen molar-refractivity contribution in [3.05, 3.63) is 35.4 Å². The van der Waals surface area contributed by atoms with Crippen LogP contribution in [-0.4, -0.2) is 20.5 Å². The summed E-state index contributed by atoms with van der Waals surface area (Å²) in [6.07, 6.45) is 3.84. The van der Waals surface area contributed by atoms with Crippen molar-refractivity contribution < 1.29 is 17.8 Å². The van der Waals surface area contributed by atoms with Gasteiger partial charge in [0.2, 0.25) is 0 Å². The first-order valence-corrected chi connectivity index (χ1v) is 8.56. The highest BCUT2D eigenvalue weighted by molar-refractivity contribution is 7.87. The minimum atomic E-state index is -1.33. The van der Waals surface area contributed by atoms with Crippen LogP contribution in [0.5, 0.6) is 0 Å². The molecule has 0 N–H and O–H groups in total. The van der Waals surface area contributed by atoms with Crippen LogP contribution in [0.1, 0.15) is 49.9 Å². The van der Waals surface area contributed by atoms with Gasteiger partial charge in [-0.3, -0.25) is 9.00 Å². The minimum absolute atomic E-state index is 0.00351. The van der Waals surface area contributed by atoms with Crippen LogP contribution >= 0.6 is 0 Å². The molecule has 0 aliphatic heterocycles. The molecular formula is C16H20F2O2S. The lowest BCUT2D eigenvalue weighted by Crippen LogP contribution is -2.33. The van der Waals surface area contributed by atoms with E-state index in [2.05, 4.69) is 6.92 Å². The second kappa shape index (κ2) is 6.77. The predicted octanol–water partition coefficient (Wildman–Crippen LogP) is 3.86. The average Bonchev–Trinajstić information content (AvgIpc) is 2.45. The van der Waals surface area contributed by atoms with Crippen molar-refractivity contribution in [2.24, 2.45) is 5.92 Å². The second-order valence-electron chi connectivity index (χ2n) is 5.85. The van der Waals surface area contributed by atoms with Gasteiger partial charge < -0.3 is 0 Å². The largest absolute Gasteiger partial charge is 0.293 e. The van der Waals surface area contributed by atoms with Crippen LogP contribution in [0.3, 0.4) is 0 Å². The molecule has 2 rings (SSSR count). The molecule has 0 spiro atoms. The topological polar surface area (TPSA) is 34.1 Å². The van der Waals surface area contributed by atoms with Crippen molar-refractivity contribution in [3.8, 4) is 0 Å². The van der Waals surface area contributed by atoms with Crippen LogP contribution in [0.4, 0.5) is 8.78 Å². The fourth-order valence-corrected chi connectivity index (χ4v) is 4.72. The highest BCUT2D eigenvalue weighted by Gasteiger charge is 2.31. The highest BCUT2D eigenvalue weighted by atomic mass is 32.2. The number of Topliss-reactive ketones (excluding diaryl/α,β-unsaturated/α-hetero) is 1. The summed E-state index contributed by atoms with van der Waals surface area (Å²) < 4.78 is 39.1. The number of benzene rings is 1. The zero-order valence-corrected chi connectivity index (χ0v) is 13.1. The number of carbonyl (C=O) groups excluding carboxylic acids is 1. The fraction of sp³-hybridized carbons (Fsp3) is 0.562. The molecule has 116 valence electrons. The molecule has 0 bridgehead atoms. The van der Waals surface area contributed by atoms with Crippen molar-refractivity contribution in [2.45, 2.75) is 50.0 Å². The maximum Gasteiger partial charge on any atom is 0.181 e. The van der Waals surface area contributed by atoms with E-state index in [0.717, 1.165) is 37.8 Å². The Balaban J connectivity index is 2.13. The Hall–Kier alpha value is -1.10. The van der Waals surface area contributed by atoms with Gasteiger partial charge in [-0.05, 0) is 37.8 Å². The molecule has 1 fully saturated rings. The van der Waals surface area contributed by atoms with E-state index >= 15 is 0 Å². The van der Waals surface area contributed by atoms with Crippen molar-refractivity contribution in [3.63, 3.8) is 0 Å². The van der Waals surface area contributed by atoms with E-state index in [4.69, 9.17) is 0 Å². The predicted molar refractivity (Wildman–Crippen MR) is 79.7 cm³/mol. The normalized spacial score (nSPS) is 25.3. The zero-order chi connectivity index (χ0) is 15.6. The molecule has 0 aromatic heterocycles. The number of hydrogen-bond donors (Lipinski definition) is 0. The van der Waals surface area contributed by atoms with Crippen LogP contribution in [0.2, 0.25) is 0 Å². The summed E-state index contributed by atoms with van der Waals surface area (Å²) >= 11 is 0. The summed E-state index contributed by atoms with van der Waals surface area (Å²) in [6, 6.07) is 2.87. The van der Waals surface area contributed by atoms with Gasteiger partial charge in [-0.25, -0.2) is 8.78 Å². The number of rotatable bonds is 4. The Morgan fingerprint density at radius 3 is 2.67 bits per heavy atom. The molecule has 0 radical (unpaired) electrons. The quantitative estimate of drug-likeness (QED) is 0.791. The molecule has 1 aromatic carbocycles. The lowest BCUT2D eigenvalue weighted by Gasteiger charge is -2.27. The van der Waals surface area contributed by atoms with Gasteiger partial charge in [0.15, 0.2) is 5.78 Å². The molecular weight excluding hydrogens is 294 g/mol. The Labute approximate surface area is 126 Å². The molecule has 1 aromatic rings. The molecule has 1 saturated carbocycles. The molecule has 4 atom stereocenters. The number of halogens is 2. The van der Waals surface area contributed by atoms with Crippen LogP contribution in [0.15, 0.2) is 18.2 Å². The molecule has 4 unspecified atom stereocenters. The third-order valence-corrected chi connectivity index (χ3v) is 6.13. The van der Waals surface area contributed by atoms with Gasteiger partial charge in [-0.2, -0.15) is 0 Å². The van der Waals surface area contributed by atoms with Crippen LogP contribution < -0.4 is 0 Å². The molecule has 0 amide bonds. The summed E-state index contributed by atoms with van der Waals surface area (Å²) in [5.74, 6) is -1.61. The van der Waals surface area contributed by atoms with Gasteiger partial charge in [-0.15, -0.1) is 0 Å². The summed E-state index contributed by atoms with van der Waals surface area (Å²) in [5.41, 5.74) is -0.180. The summed E-state index contributed by atoms with van der Waals surface area (Å²) in [7, 11) is -1.33. The maximum atomic E-state index is 13.7. The van der Waals surface area contributed by atoms with E-state index < -0.39 is 33.5 Å². The van der Waals surface area contributed by atoms with Gasteiger partial charge >= 0.3 is 0 Å². The second-order valence-corrected chi connectivity index (χ2v) is 7.88. The van der Waals surface area contributed by atoms with Crippen molar-refractivity contribution in [2.75, 3.05) is 0 Å². The summed E-state index contributed by atoms with van der Waals surface area (Å²) in [5, 5.41) is -0.767. The Kier molecular flexibility index (Phi) is 5.25. The SMILES string of the molecule is CC1CCCC(S(=O)C(C)C(=O)c2ccc(F)cc2F)C1. The number of carbonyl (C=O) groups is 1.